The molecule has 0 aliphatic heterocycles. The molecule has 0 atom stereocenters. The van der Waals surface area contributed by atoms with Crippen molar-refractivity contribution < 1.29 is 19.1 Å². The molecule has 0 fully saturated rings. The number of hydrogen-bond acceptors (Lipinski definition) is 5. The quantitative estimate of drug-likeness (QED) is 0.163. The molecule has 3 aromatic carbocycles. The molecule has 3 rings (SSSR count). The van der Waals surface area contributed by atoms with Gasteiger partial charge < -0.3 is 9.47 Å². The van der Waals surface area contributed by atoms with Gasteiger partial charge >= 0.3 is 5.97 Å². The van der Waals surface area contributed by atoms with Crippen molar-refractivity contribution >= 4 is 61.6 Å². The van der Waals surface area contributed by atoms with Crippen molar-refractivity contribution in [1.82, 2.24) is 5.43 Å². The first kappa shape index (κ1) is 24.0. The summed E-state index contributed by atoms with van der Waals surface area (Å²) in [5.41, 5.74) is 4.22. The molecule has 164 valence electrons. The molecule has 0 radical (unpaired) electrons. The summed E-state index contributed by atoms with van der Waals surface area (Å²) in [6, 6.07) is 17.3. The molecular weight excluding hydrogens is 564 g/mol. The highest BCUT2D eigenvalue weighted by Crippen LogP contribution is 2.32. The maximum atomic E-state index is 12.6. The van der Waals surface area contributed by atoms with Crippen molar-refractivity contribution in [3.8, 4) is 11.5 Å². The largest absolute Gasteiger partial charge is 0.484 e. The van der Waals surface area contributed by atoms with Crippen molar-refractivity contribution in [2.75, 3.05) is 6.61 Å². The average molecular weight is 581 g/mol. The van der Waals surface area contributed by atoms with Crippen LogP contribution in [0.3, 0.4) is 0 Å². The molecule has 0 heterocycles. The van der Waals surface area contributed by atoms with E-state index >= 15 is 0 Å². The highest BCUT2D eigenvalue weighted by atomic mass is 79.9. The topological polar surface area (TPSA) is 77.0 Å². The third kappa shape index (κ3) is 6.91. The molecule has 0 bridgehead atoms. The number of halogens is 3. The van der Waals surface area contributed by atoms with Gasteiger partial charge in [-0.05, 0) is 65.3 Å². The molecule has 0 aliphatic carbocycles. The number of ether oxygens (including phenoxy) is 2. The number of nitrogens with one attached hydrogen (secondary N) is 1. The number of rotatable bonds is 7. The molecule has 9 heteroatoms. The van der Waals surface area contributed by atoms with Crippen molar-refractivity contribution in [3.63, 3.8) is 0 Å². The monoisotopic (exact) mass is 578 g/mol. The van der Waals surface area contributed by atoms with Crippen LogP contribution in [-0.2, 0) is 4.79 Å². The maximum Gasteiger partial charge on any atom is 0.343 e. The van der Waals surface area contributed by atoms with E-state index in [-0.39, 0.29) is 12.4 Å². The van der Waals surface area contributed by atoms with Crippen LogP contribution < -0.4 is 14.9 Å². The van der Waals surface area contributed by atoms with Crippen molar-refractivity contribution in [1.29, 1.82) is 0 Å². The van der Waals surface area contributed by atoms with E-state index in [0.717, 1.165) is 10.0 Å². The molecule has 0 aliphatic rings. The zero-order chi connectivity index (χ0) is 23.1. The van der Waals surface area contributed by atoms with E-state index in [2.05, 4.69) is 42.4 Å². The van der Waals surface area contributed by atoms with Crippen LogP contribution >= 0.6 is 43.5 Å². The number of esters is 1. The van der Waals surface area contributed by atoms with E-state index in [0.29, 0.717) is 26.4 Å². The predicted octanol–water partition coefficient (Wildman–Crippen LogP) is 5.92. The summed E-state index contributed by atoms with van der Waals surface area (Å²) in [4.78, 5) is 24.6. The first-order valence-electron chi connectivity index (χ1n) is 9.30. The van der Waals surface area contributed by atoms with Crippen LogP contribution in [0.5, 0.6) is 11.5 Å². The maximum absolute atomic E-state index is 12.6. The molecule has 0 unspecified atom stereocenters. The SMILES string of the molecule is Cc1cccc(C(=O)Oc2c(Br)cc(Br)cc2/C=N/NC(=O)COc2cccc(Cl)c2)c1. The predicted molar refractivity (Wildman–Crippen MR) is 131 cm³/mol. The third-order valence-corrected chi connectivity index (χ3v) is 5.33. The molecule has 0 saturated carbocycles. The Balaban J connectivity index is 1.68. The van der Waals surface area contributed by atoms with E-state index in [1.807, 2.05) is 13.0 Å². The van der Waals surface area contributed by atoms with Gasteiger partial charge in [-0.25, -0.2) is 10.2 Å². The summed E-state index contributed by atoms with van der Waals surface area (Å²) in [5.74, 6) is -0.232. The van der Waals surface area contributed by atoms with E-state index in [9.17, 15) is 9.59 Å². The molecule has 1 amide bonds. The van der Waals surface area contributed by atoms with Gasteiger partial charge in [0, 0.05) is 15.1 Å². The van der Waals surface area contributed by atoms with Gasteiger partial charge in [-0.3, -0.25) is 4.79 Å². The smallest absolute Gasteiger partial charge is 0.343 e. The number of carbonyl (C=O) groups excluding carboxylic acids is 2. The second-order valence-electron chi connectivity index (χ2n) is 6.60. The van der Waals surface area contributed by atoms with Gasteiger partial charge in [0.1, 0.15) is 5.75 Å². The molecule has 1 N–H and O–H groups in total. The minimum atomic E-state index is -0.509. The number of benzene rings is 3. The fourth-order valence-corrected chi connectivity index (χ4v) is 4.14. The van der Waals surface area contributed by atoms with Crippen LogP contribution in [-0.4, -0.2) is 24.7 Å². The normalized spacial score (nSPS) is 10.8. The van der Waals surface area contributed by atoms with Crippen LogP contribution in [0, 0.1) is 6.92 Å². The number of hydrogen-bond donors (Lipinski definition) is 1. The molecule has 0 aromatic heterocycles. The highest BCUT2D eigenvalue weighted by Gasteiger charge is 2.15. The van der Waals surface area contributed by atoms with Crippen LogP contribution in [0.4, 0.5) is 0 Å². The second-order valence-corrected chi connectivity index (χ2v) is 8.81. The van der Waals surface area contributed by atoms with Gasteiger partial charge in [0.25, 0.3) is 5.91 Å². The minimum absolute atomic E-state index is 0.241. The van der Waals surface area contributed by atoms with Crippen molar-refractivity contribution in [2.24, 2.45) is 5.10 Å². The summed E-state index contributed by atoms with van der Waals surface area (Å²) >= 11 is 12.7. The van der Waals surface area contributed by atoms with Crippen molar-refractivity contribution in [2.45, 2.75) is 6.92 Å². The molecule has 3 aromatic rings. The van der Waals surface area contributed by atoms with Crippen molar-refractivity contribution in [3.05, 3.63) is 91.3 Å². The van der Waals surface area contributed by atoms with Gasteiger partial charge in [-0.15, -0.1) is 0 Å². The Morgan fingerprint density at radius 3 is 2.62 bits per heavy atom. The lowest BCUT2D eigenvalue weighted by Crippen LogP contribution is -2.24. The minimum Gasteiger partial charge on any atom is -0.484 e. The van der Waals surface area contributed by atoms with Crippen LogP contribution in [0.15, 0.2) is 74.7 Å². The summed E-state index contributed by atoms with van der Waals surface area (Å²) in [6.45, 7) is 1.65. The molecule has 32 heavy (non-hydrogen) atoms. The Bertz CT molecular complexity index is 1180. The number of carbonyl (C=O) groups is 2. The summed E-state index contributed by atoms with van der Waals surface area (Å²) in [6.07, 6.45) is 1.38. The van der Waals surface area contributed by atoms with Gasteiger partial charge in [-0.2, -0.15) is 5.10 Å². The lowest BCUT2D eigenvalue weighted by Gasteiger charge is -2.11. The van der Waals surface area contributed by atoms with E-state index in [4.69, 9.17) is 21.1 Å². The zero-order valence-corrected chi connectivity index (χ0v) is 20.7. The Hall–Kier alpha value is -2.68. The van der Waals surface area contributed by atoms with Gasteiger partial charge in [0.2, 0.25) is 0 Å². The second kappa shape index (κ2) is 11.3. The van der Waals surface area contributed by atoms with Crippen LogP contribution in [0.2, 0.25) is 5.02 Å². The van der Waals surface area contributed by atoms with Gasteiger partial charge in [0.15, 0.2) is 12.4 Å². The molecule has 0 saturated heterocycles. The fraction of sp³-hybridized carbons (Fsp3) is 0.0870. The lowest BCUT2D eigenvalue weighted by molar-refractivity contribution is -0.123. The van der Waals surface area contributed by atoms with Crippen LogP contribution in [0.25, 0.3) is 0 Å². The summed E-state index contributed by atoms with van der Waals surface area (Å²) < 4.78 is 12.2. The molecule has 0 spiro atoms. The third-order valence-electron chi connectivity index (χ3n) is 4.04. The Morgan fingerprint density at radius 1 is 1.09 bits per heavy atom. The van der Waals surface area contributed by atoms with E-state index in [1.165, 1.54) is 6.21 Å². The summed E-state index contributed by atoms with van der Waals surface area (Å²) in [7, 11) is 0. The lowest BCUT2D eigenvalue weighted by atomic mass is 10.1. The van der Waals surface area contributed by atoms with E-state index in [1.54, 1.807) is 54.6 Å². The Morgan fingerprint density at radius 2 is 1.88 bits per heavy atom. The zero-order valence-electron chi connectivity index (χ0n) is 16.8. The number of aryl methyl sites for hydroxylation is 1. The Kier molecular flexibility index (Phi) is 8.44. The number of nitrogens with zero attached hydrogens (tertiary/aromatic N) is 1. The number of amides is 1. The average Bonchev–Trinajstić information content (AvgIpc) is 2.74. The molecule has 6 nitrogen and oxygen atoms in total. The van der Waals surface area contributed by atoms with Gasteiger partial charge in [-0.1, -0.05) is 51.3 Å². The number of hydrazone groups is 1. The first-order valence-corrected chi connectivity index (χ1v) is 11.3. The Labute approximate surface area is 206 Å². The summed E-state index contributed by atoms with van der Waals surface area (Å²) in [5, 5.41) is 4.45. The standard InChI is InChI=1S/C23H17Br2ClN2O4/c1-14-4-2-5-15(8-14)23(30)32-22-16(9-17(24)10-20(22)25)12-27-28-21(29)13-31-19-7-3-6-18(26)11-19/h2-12H,13H2,1H3,(H,28,29)/b27-12+. The van der Waals surface area contributed by atoms with Crippen LogP contribution in [0.1, 0.15) is 21.5 Å². The first-order chi connectivity index (χ1) is 15.3. The highest BCUT2D eigenvalue weighted by molar-refractivity contribution is 9.11. The van der Waals surface area contributed by atoms with Gasteiger partial charge in [0.05, 0.1) is 16.3 Å². The van der Waals surface area contributed by atoms with E-state index < -0.39 is 11.9 Å². The fourth-order valence-electron chi connectivity index (χ4n) is 2.62. The molecular formula is C23H17Br2ClN2O4.